The van der Waals surface area contributed by atoms with Gasteiger partial charge in [0, 0.05) is 19.5 Å². The molecule has 1 aromatic rings. The quantitative estimate of drug-likeness (QED) is 0.745. The van der Waals surface area contributed by atoms with Crippen molar-refractivity contribution in [2.75, 3.05) is 26.3 Å². The highest BCUT2D eigenvalue weighted by Crippen LogP contribution is 2.14. The van der Waals surface area contributed by atoms with Gasteiger partial charge in [-0.3, -0.25) is 0 Å². The van der Waals surface area contributed by atoms with Crippen LogP contribution in [0.25, 0.3) is 0 Å². The van der Waals surface area contributed by atoms with Gasteiger partial charge in [-0.25, -0.2) is 0 Å². The third kappa shape index (κ3) is 3.02. The van der Waals surface area contributed by atoms with Gasteiger partial charge in [0.1, 0.15) is 5.60 Å². The molecule has 3 nitrogen and oxygen atoms in total. The predicted molar refractivity (Wildman–Crippen MR) is 58.8 cm³/mol. The fourth-order valence-corrected chi connectivity index (χ4v) is 1.87. The molecule has 15 heavy (non-hydrogen) atoms. The number of ether oxygens (including phenoxy) is 1. The molecule has 1 unspecified atom stereocenters. The second-order valence-electron chi connectivity index (χ2n) is 4.12. The number of β-amino-alcohol motifs (C(OH)–C–C–N with tert-alkyl or cyclic N) is 1. The lowest BCUT2D eigenvalue weighted by atomic mass is 9.95. The predicted octanol–water partition coefficient (Wildman–Crippen LogP) is 0.580. The van der Waals surface area contributed by atoms with E-state index in [-0.39, 0.29) is 0 Å². The third-order valence-electron chi connectivity index (χ3n) is 2.62. The summed E-state index contributed by atoms with van der Waals surface area (Å²) in [4.78, 5) is 0. The summed E-state index contributed by atoms with van der Waals surface area (Å²) in [6.07, 6.45) is 0.640. The van der Waals surface area contributed by atoms with E-state index in [1.807, 2.05) is 30.3 Å². The normalized spacial score (nSPS) is 27.3. The molecular formula is C12H17NO2. The Morgan fingerprint density at radius 1 is 1.33 bits per heavy atom. The first-order chi connectivity index (χ1) is 7.29. The van der Waals surface area contributed by atoms with Crippen LogP contribution in [0.15, 0.2) is 30.3 Å². The molecule has 82 valence electrons. The maximum atomic E-state index is 10.3. The van der Waals surface area contributed by atoms with E-state index in [0.29, 0.717) is 26.2 Å². The average molecular weight is 207 g/mol. The monoisotopic (exact) mass is 207 g/mol. The van der Waals surface area contributed by atoms with E-state index in [4.69, 9.17) is 4.74 Å². The fraction of sp³-hybridized carbons (Fsp3) is 0.500. The molecule has 2 N–H and O–H groups in total. The standard InChI is InChI=1S/C12H17NO2/c14-12(9-13-6-7-15-10-12)8-11-4-2-1-3-5-11/h1-5,13-14H,6-10H2. The molecule has 0 aliphatic carbocycles. The van der Waals surface area contributed by atoms with E-state index in [9.17, 15) is 5.11 Å². The van der Waals surface area contributed by atoms with E-state index < -0.39 is 5.60 Å². The molecule has 0 amide bonds. The Morgan fingerprint density at radius 2 is 2.13 bits per heavy atom. The van der Waals surface area contributed by atoms with Crippen molar-refractivity contribution in [1.82, 2.24) is 5.32 Å². The highest BCUT2D eigenvalue weighted by Gasteiger charge is 2.28. The van der Waals surface area contributed by atoms with Crippen LogP contribution in [0.2, 0.25) is 0 Å². The van der Waals surface area contributed by atoms with E-state index >= 15 is 0 Å². The maximum absolute atomic E-state index is 10.3. The molecule has 1 aromatic carbocycles. The fourth-order valence-electron chi connectivity index (χ4n) is 1.87. The molecule has 1 heterocycles. The third-order valence-corrected chi connectivity index (χ3v) is 2.62. The number of hydrogen-bond donors (Lipinski definition) is 2. The van der Waals surface area contributed by atoms with Gasteiger partial charge in [0.25, 0.3) is 0 Å². The average Bonchev–Trinajstić information content (AvgIpc) is 2.45. The number of hydrogen-bond acceptors (Lipinski definition) is 3. The van der Waals surface area contributed by atoms with Gasteiger partial charge >= 0.3 is 0 Å². The van der Waals surface area contributed by atoms with Crippen molar-refractivity contribution < 1.29 is 9.84 Å². The van der Waals surface area contributed by atoms with Crippen molar-refractivity contribution in [2.24, 2.45) is 0 Å². The van der Waals surface area contributed by atoms with Crippen LogP contribution in [0.3, 0.4) is 0 Å². The van der Waals surface area contributed by atoms with E-state index in [1.165, 1.54) is 0 Å². The molecule has 1 aliphatic heterocycles. The van der Waals surface area contributed by atoms with Gasteiger partial charge < -0.3 is 15.2 Å². The molecule has 0 saturated carbocycles. The van der Waals surface area contributed by atoms with Crippen molar-refractivity contribution >= 4 is 0 Å². The molecule has 1 aliphatic rings. The Labute approximate surface area is 90.1 Å². The summed E-state index contributed by atoms with van der Waals surface area (Å²) in [5.41, 5.74) is 0.380. The first-order valence-corrected chi connectivity index (χ1v) is 5.33. The number of benzene rings is 1. The van der Waals surface area contributed by atoms with Gasteiger partial charge in [0.05, 0.1) is 13.2 Å². The zero-order valence-electron chi connectivity index (χ0n) is 8.78. The van der Waals surface area contributed by atoms with E-state index in [0.717, 1.165) is 12.1 Å². The summed E-state index contributed by atoms with van der Waals surface area (Å²) < 4.78 is 5.37. The molecule has 0 bridgehead atoms. The summed E-state index contributed by atoms with van der Waals surface area (Å²) in [6.45, 7) is 2.50. The lowest BCUT2D eigenvalue weighted by molar-refractivity contribution is -0.0270. The van der Waals surface area contributed by atoms with Crippen molar-refractivity contribution in [3.8, 4) is 0 Å². The van der Waals surface area contributed by atoms with Gasteiger partial charge in [0.15, 0.2) is 0 Å². The zero-order chi connectivity index (χ0) is 10.6. The molecule has 0 radical (unpaired) electrons. The first kappa shape index (κ1) is 10.6. The van der Waals surface area contributed by atoms with Crippen molar-refractivity contribution in [1.29, 1.82) is 0 Å². The van der Waals surface area contributed by atoms with Crippen LogP contribution in [0.5, 0.6) is 0 Å². The highest BCUT2D eigenvalue weighted by molar-refractivity contribution is 5.17. The summed E-state index contributed by atoms with van der Waals surface area (Å²) >= 11 is 0. The molecule has 3 heteroatoms. The Hall–Kier alpha value is -0.900. The molecule has 0 aromatic heterocycles. The SMILES string of the molecule is OC1(Cc2ccccc2)CNCCOC1. The minimum Gasteiger partial charge on any atom is -0.386 e. The van der Waals surface area contributed by atoms with Gasteiger partial charge in [-0.15, -0.1) is 0 Å². The van der Waals surface area contributed by atoms with Crippen LogP contribution < -0.4 is 5.32 Å². The molecule has 1 saturated heterocycles. The Morgan fingerprint density at radius 3 is 2.93 bits per heavy atom. The highest BCUT2D eigenvalue weighted by atomic mass is 16.5. The van der Waals surface area contributed by atoms with Crippen LogP contribution in [0, 0.1) is 0 Å². The Bertz CT molecular complexity index is 292. The lowest BCUT2D eigenvalue weighted by Crippen LogP contribution is -2.44. The zero-order valence-corrected chi connectivity index (χ0v) is 8.78. The summed E-state index contributed by atoms with van der Waals surface area (Å²) in [6, 6.07) is 10.0. The molecule has 1 fully saturated rings. The topological polar surface area (TPSA) is 41.5 Å². The van der Waals surface area contributed by atoms with Crippen LogP contribution in [-0.2, 0) is 11.2 Å². The molecule has 1 atom stereocenters. The largest absolute Gasteiger partial charge is 0.386 e. The second-order valence-corrected chi connectivity index (χ2v) is 4.12. The lowest BCUT2D eigenvalue weighted by Gasteiger charge is -2.25. The van der Waals surface area contributed by atoms with Crippen molar-refractivity contribution in [2.45, 2.75) is 12.0 Å². The summed E-state index contributed by atoms with van der Waals surface area (Å²) in [7, 11) is 0. The van der Waals surface area contributed by atoms with E-state index in [1.54, 1.807) is 0 Å². The molecular weight excluding hydrogens is 190 g/mol. The van der Waals surface area contributed by atoms with Gasteiger partial charge in [-0.2, -0.15) is 0 Å². The number of aliphatic hydroxyl groups is 1. The first-order valence-electron chi connectivity index (χ1n) is 5.33. The van der Waals surface area contributed by atoms with Crippen LogP contribution in [0.1, 0.15) is 5.56 Å². The molecule has 0 spiro atoms. The minimum atomic E-state index is -0.766. The summed E-state index contributed by atoms with van der Waals surface area (Å²) in [5, 5.41) is 13.5. The van der Waals surface area contributed by atoms with Crippen LogP contribution in [0.4, 0.5) is 0 Å². The summed E-state index contributed by atoms with van der Waals surface area (Å²) in [5.74, 6) is 0. The van der Waals surface area contributed by atoms with Gasteiger partial charge in [-0.1, -0.05) is 30.3 Å². The second kappa shape index (κ2) is 4.75. The van der Waals surface area contributed by atoms with Gasteiger partial charge in [-0.05, 0) is 5.56 Å². The van der Waals surface area contributed by atoms with Crippen LogP contribution >= 0.6 is 0 Å². The number of nitrogens with one attached hydrogen (secondary N) is 1. The maximum Gasteiger partial charge on any atom is 0.104 e. The Kier molecular flexibility index (Phi) is 3.36. The van der Waals surface area contributed by atoms with Crippen molar-refractivity contribution in [3.63, 3.8) is 0 Å². The minimum absolute atomic E-state index is 0.412. The smallest absolute Gasteiger partial charge is 0.104 e. The van der Waals surface area contributed by atoms with E-state index in [2.05, 4.69) is 5.32 Å². The Balaban J connectivity index is 2.02. The van der Waals surface area contributed by atoms with Crippen molar-refractivity contribution in [3.05, 3.63) is 35.9 Å². The molecule has 2 rings (SSSR count). The van der Waals surface area contributed by atoms with Gasteiger partial charge in [0.2, 0.25) is 0 Å². The van der Waals surface area contributed by atoms with Crippen LogP contribution in [-0.4, -0.2) is 37.0 Å². The number of rotatable bonds is 2.